The van der Waals surface area contributed by atoms with Crippen molar-refractivity contribution in [3.63, 3.8) is 0 Å². The van der Waals surface area contributed by atoms with Crippen molar-refractivity contribution < 1.29 is 19.4 Å². The summed E-state index contributed by atoms with van der Waals surface area (Å²) in [5, 5.41) is 11.6. The van der Waals surface area contributed by atoms with Gasteiger partial charge < -0.3 is 15.2 Å². The molecule has 0 heterocycles. The summed E-state index contributed by atoms with van der Waals surface area (Å²) in [7, 11) is 1.53. The lowest BCUT2D eigenvalue weighted by atomic mass is 10.1. The normalized spacial score (nSPS) is 15.8. The summed E-state index contributed by atoms with van der Waals surface area (Å²) in [5.74, 6) is -0.545. The van der Waals surface area contributed by atoms with Gasteiger partial charge in [-0.05, 0) is 31.0 Å². The molecule has 0 unspecified atom stereocenters. The van der Waals surface area contributed by atoms with Crippen LogP contribution in [0.15, 0.2) is 24.3 Å². The van der Waals surface area contributed by atoms with Gasteiger partial charge in [0, 0.05) is 5.56 Å². The van der Waals surface area contributed by atoms with Crippen LogP contribution in [0.4, 0.5) is 0 Å². The van der Waals surface area contributed by atoms with Crippen molar-refractivity contribution in [3.05, 3.63) is 29.8 Å². The summed E-state index contributed by atoms with van der Waals surface area (Å²) in [5.41, 5.74) is -0.0718. The molecule has 1 amide bonds. The highest BCUT2D eigenvalue weighted by Gasteiger charge is 2.45. The molecule has 5 heteroatoms. The Balaban J connectivity index is 2.05. The molecule has 2 rings (SSSR count). The van der Waals surface area contributed by atoms with Crippen LogP contribution in [0.3, 0.4) is 0 Å². The average molecular weight is 249 g/mol. The average Bonchev–Trinajstić information content (AvgIpc) is 3.07. The molecule has 0 saturated heterocycles. The summed E-state index contributed by atoms with van der Waals surface area (Å²) in [6.45, 7) is 0. The molecule has 0 bridgehead atoms. The van der Waals surface area contributed by atoms with Crippen molar-refractivity contribution in [3.8, 4) is 5.75 Å². The number of ether oxygens (including phenoxy) is 1. The lowest BCUT2D eigenvalue weighted by Crippen LogP contribution is -2.38. The second-order valence-corrected chi connectivity index (χ2v) is 4.54. The monoisotopic (exact) mass is 249 g/mol. The number of benzene rings is 1. The Morgan fingerprint density at radius 2 is 2.17 bits per heavy atom. The van der Waals surface area contributed by atoms with Crippen LogP contribution in [-0.2, 0) is 4.79 Å². The van der Waals surface area contributed by atoms with E-state index in [9.17, 15) is 9.59 Å². The first-order valence-corrected chi connectivity index (χ1v) is 5.73. The molecule has 2 N–H and O–H groups in total. The third kappa shape index (κ3) is 2.80. The number of nitrogens with one attached hydrogen (secondary N) is 1. The molecular weight excluding hydrogens is 234 g/mol. The van der Waals surface area contributed by atoms with Gasteiger partial charge in [0.15, 0.2) is 0 Å². The topological polar surface area (TPSA) is 75.6 Å². The van der Waals surface area contributed by atoms with Gasteiger partial charge in [0.05, 0.1) is 19.1 Å². The van der Waals surface area contributed by atoms with Crippen molar-refractivity contribution in [2.24, 2.45) is 0 Å². The molecule has 0 radical (unpaired) electrons. The van der Waals surface area contributed by atoms with E-state index in [0.29, 0.717) is 11.3 Å². The van der Waals surface area contributed by atoms with Crippen LogP contribution in [-0.4, -0.2) is 29.6 Å². The van der Waals surface area contributed by atoms with Crippen LogP contribution in [0, 0.1) is 0 Å². The standard InChI is InChI=1S/C13H15NO4/c1-18-10-4-2-3-9(7-10)12(17)14-13(5-6-13)8-11(15)16/h2-4,7H,5-6,8H2,1H3,(H,14,17)(H,15,16). The van der Waals surface area contributed by atoms with E-state index < -0.39 is 11.5 Å². The Bertz CT molecular complexity index is 480. The predicted octanol–water partition coefficient (Wildman–Crippen LogP) is 1.43. The molecule has 1 fully saturated rings. The second kappa shape index (κ2) is 4.68. The molecule has 1 saturated carbocycles. The minimum atomic E-state index is -0.890. The summed E-state index contributed by atoms with van der Waals surface area (Å²) < 4.78 is 5.04. The number of hydrogen-bond donors (Lipinski definition) is 2. The molecule has 0 atom stereocenters. The summed E-state index contributed by atoms with van der Waals surface area (Å²) in [6.07, 6.45) is 1.41. The third-order valence-electron chi connectivity index (χ3n) is 3.05. The maximum absolute atomic E-state index is 12.0. The minimum absolute atomic E-state index is 0.0251. The van der Waals surface area contributed by atoms with E-state index in [4.69, 9.17) is 9.84 Å². The maximum atomic E-state index is 12.0. The van der Waals surface area contributed by atoms with Crippen molar-refractivity contribution in [1.82, 2.24) is 5.32 Å². The minimum Gasteiger partial charge on any atom is -0.497 e. The first kappa shape index (κ1) is 12.4. The number of rotatable bonds is 5. The summed E-state index contributed by atoms with van der Waals surface area (Å²) >= 11 is 0. The van der Waals surface area contributed by atoms with Crippen molar-refractivity contribution in [2.45, 2.75) is 24.8 Å². The van der Waals surface area contributed by atoms with Crippen LogP contribution >= 0.6 is 0 Å². The number of carbonyl (C=O) groups is 2. The van der Waals surface area contributed by atoms with E-state index >= 15 is 0 Å². The number of carboxylic acid groups (broad SMARTS) is 1. The van der Waals surface area contributed by atoms with Crippen molar-refractivity contribution in [2.75, 3.05) is 7.11 Å². The SMILES string of the molecule is COc1cccc(C(=O)NC2(CC(=O)O)CC2)c1. The van der Waals surface area contributed by atoms with E-state index in [1.54, 1.807) is 24.3 Å². The second-order valence-electron chi connectivity index (χ2n) is 4.54. The fourth-order valence-corrected chi connectivity index (χ4v) is 1.86. The molecule has 0 spiro atoms. The number of aliphatic carboxylic acids is 1. The highest BCUT2D eigenvalue weighted by molar-refractivity contribution is 5.95. The predicted molar refractivity (Wildman–Crippen MR) is 64.7 cm³/mol. The number of methoxy groups -OCH3 is 1. The van der Waals surface area contributed by atoms with E-state index in [2.05, 4.69) is 5.32 Å². The number of carbonyl (C=O) groups excluding carboxylic acids is 1. The van der Waals surface area contributed by atoms with E-state index in [1.807, 2.05) is 0 Å². The van der Waals surface area contributed by atoms with Gasteiger partial charge in [0.1, 0.15) is 5.75 Å². The van der Waals surface area contributed by atoms with Gasteiger partial charge in [-0.3, -0.25) is 9.59 Å². The Morgan fingerprint density at radius 1 is 1.44 bits per heavy atom. The van der Waals surface area contributed by atoms with Crippen LogP contribution in [0.1, 0.15) is 29.6 Å². The summed E-state index contributed by atoms with van der Waals surface area (Å²) in [6, 6.07) is 6.78. The lowest BCUT2D eigenvalue weighted by molar-refractivity contribution is -0.137. The zero-order chi connectivity index (χ0) is 13.2. The molecule has 0 aromatic heterocycles. The first-order chi connectivity index (χ1) is 8.54. The van der Waals surface area contributed by atoms with E-state index in [0.717, 1.165) is 12.8 Å². The first-order valence-electron chi connectivity index (χ1n) is 5.73. The molecule has 1 aromatic carbocycles. The van der Waals surface area contributed by atoms with Gasteiger partial charge in [-0.25, -0.2) is 0 Å². The lowest BCUT2D eigenvalue weighted by Gasteiger charge is -2.15. The van der Waals surface area contributed by atoms with Gasteiger partial charge in [-0.1, -0.05) is 6.07 Å². The molecule has 0 aliphatic heterocycles. The zero-order valence-electron chi connectivity index (χ0n) is 10.1. The quantitative estimate of drug-likeness (QED) is 0.827. The third-order valence-corrected chi connectivity index (χ3v) is 3.05. The highest BCUT2D eigenvalue weighted by atomic mass is 16.5. The fourth-order valence-electron chi connectivity index (χ4n) is 1.86. The van der Waals surface area contributed by atoms with Gasteiger partial charge in [-0.2, -0.15) is 0 Å². The molecule has 1 aliphatic carbocycles. The van der Waals surface area contributed by atoms with Crippen LogP contribution in [0.5, 0.6) is 5.75 Å². The Labute approximate surface area is 105 Å². The maximum Gasteiger partial charge on any atom is 0.305 e. The van der Waals surface area contributed by atoms with Gasteiger partial charge in [0.2, 0.25) is 0 Å². The van der Waals surface area contributed by atoms with E-state index in [-0.39, 0.29) is 12.3 Å². The Morgan fingerprint density at radius 3 is 2.72 bits per heavy atom. The highest BCUT2D eigenvalue weighted by Crippen LogP contribution is 2.38. The largest absolute Gasteiger partial charge is 0.497 e. The molecule has 5 nitrogen and oxygen atoms in total. The molecule has 1 aliphatic rings. The van der Waals surface area contributed by atoms with Gasteiger partial charge >= 0.3 is 5.97 Å². The smallest absolute Gasteiger partial charge is 0.305 e. The van der Waals surface area contributed by atoms with Crippen LogP contribution < -0.4 is 10.1 Å². The van der Waals surface area contributed by atoms with E-state index in [1.165, 1.54) is 7.11 Å². The molecule has 18 heavy (non-hydrogen) atoms. The van der Waals surface area contributed by atoms with Gasteiger partial charge in [0.25, 0.3) is 5.91 Å². The summed E-state index contributed by atoms with van der Waals surface area (Å²) in [4.78, 5) is 22.7. The number of hydrogen-bond acceptors (Lipinski definition) is 3. The zero-order valence-corrected chi connectivity index (χ0v) is 10.1. The Hall–Kier alpha value is -2.04. The molecule has 96 valence electrons. The molecule has 1 aromatic rings. The fraction of sp³-hybridized carbons (Fsp3) is 0.385. The van der Waals surface area contributed by atoms with Crippen molar-refractivity contribution >= 4 is 11.9 Å². The van der Waals surface area contributed by atoms with Gasteiger partial charge in [-0.15, -0.1) is 0 Å². The Kier molecular flexibility index (Phi) is 3.23. The molecular formula is C13H15NO4. The van der Waals surface area contributed by atoms with Crippen LogP contribution in [0.2, 0.25) is 0 Å². The van der Waals surface area contributed by atoms with Crippen molar-refractivity contribution in [1.29, 1.82) is 0 Å². The number of amides is 1. The number of carboxylic acids is 1. The van der Waals surface area contributed by atoms with Crippen LogP contribution in [0.25, 0.3) is 0 Å².